The van der Waals surface area contributed by atoms with E-state index in [1.54, 1.807) is 0 Å². The molecule has 0 radical (unpaired) electrons. The summed E-state index contributed by atoms with van der Waals surface area (Å²) >= 11 is 0. The van der Waals surface area contributed by atoms with E-state index in [0.29, 0.717) is 0 Å². The smallest absolute Gasteiger partial charge is 0.153 e. The highest BCUT2D eigenvalue weighted by atomic mass is 15.2. The molecule has 0 saturated heterocycles. The van der Waals surface area contributed by atoms with E-state index in [1.165, 1.54) is 0 Å². The van der Waals surface area contributed by atoms with Crippen LogP contribution < -0.4 is 11.1 Å². The van der Waals surface area contributed by atoms with Gasteiger partial charge in [-0.05, 0) is 37.6 Å². The van der Waals surface area contributed by atoms with Gasteiger partial charge >= 0.3 is 0 Å². The molecule has 3 N–H and O–H groups in total. The van der Waals surface area contributed by atoms with Crippen molar-refractivity contribution in [3.63, 3.8) is 0 Å². The van der Waals surface area contributed by atoms with Gasteiger partial charge in [0.05, 0.1) is 5.69 Å². The van der Waals surface area contributed by atoms with Crippen LogP contribution >= 0.6 is 0 Å². The summed E-state index contributed by atoms with van der Waals surface area (Å²) in [5.41, 5.74) is 8.85. The van der Waals surface area contributed by atoms with Gasteiger partial charge in [-0.25, -0.2) is 0 Å². The molecular formula is C13H16N4. The van der Waals surface area contributed by atoms with Crippen LogP contribution in [-0.2, 0) is 0 Å². The second kappa shape index (κ2) is 4.93. The maximum Gasteiger partial charge on any atom is 0.153 e. The minimum absolute atomic E-state index is 0.0166. The third-order valence-corrected chi connectivity index (χ3v) is 2.51. The van der Waals surface area contributed by atoms with E-state index in [0.717, 1.165) is 22.8 Å². The van der Waals surface area contributed by atoms with Crippen molar-refractivity contribution in [3.8, 4) is 0 Å². The van der Waals surface area contributed by atoms with Crippen molar-refractivity contribution in [1.29, 1.82) is 0 Å². The first kappa shape index (κ1) is 11.5. The van der Waals surface area contributed by atoms with Gasteiger partial charge < -0.3 is 11.1 Å². The lowest BCUT2D eigenvalue weighted by molar-refractivity contribution is 0.820. The number of anilines is 2. The SMILES string of the molecule is Cc1ccc(Nc2ccccc2C(C)N)nn1. The molecule has 88 valence electrons. The van der Waals surface area contributed by atoms with E-state index in [2.05, 4.69) is 15.5 Å². The summed E-state index contributed by atoms with van der Waals surface area (Å²) in [5, 5.41) is 11.3. The molecule has 0 aliphatic rings. The van der Waals surface area contributed by atoms with Gasteiger partial charge in [-0.1, -0.05) is 18.2 Å². The lowest BCUT2D eigenvalue weighted by atomic mass is 10.1. The minimum Gasteiger partial charge on any atom is -0.338 e. The molecule has 4 heteroatoms. The standard InChI is InChI=1S/C13H16N4/c1-9-7-8-13(17-16-9)15-12-6-4-3-5-11(12)10(2)14/h3-8,10H,14H2,1-2H3,(H,15,17). The number of nitrogens with zero attached hydrogens (tertiary/aromatic N) is 2. The summed E-state index contributed by atoms with van der Waals surface area (Å²) in [6.07, 6.45) is 0. The van der Waals surface area contributed by atoms with Crippen LogP contribution in [0.2, 0.25) is 0 Å². The van der Waals surface area contributed by atoms with Gasteiger partial charge in [0.1, 0.15) is 0 Å². The Balaban J connectivity index is 2.26. The Bertz CT molecular complexity index is 491. The van der Waals surface area contributed by atoms with Crippen LogP contribution in [0.3, 0.4) is 0 Å². The molecule has 0 bridgehead atoms. The summed E-state index contributed by atoms with van der Waals surface area (Å²) in [5.74, 6) is 0.726. The molecule has 2 aromatic rings. The van der Waals surface area contributed by atoms with Crippen LogP contribution in [0.1, 0.15) is 24.2 Å². The third kappa shape index (κ3) is 2.79. The second-order valence-electron chi connectivity index (χ2n) is 4.06. The zero-order chi connectivity index (χ0) is 12.3. The van der Waals surface area contributed by atoms with E-state index in [4.69, 9.17) is 5.73 Å². The Hall–Kier alpha value is -1.94. The highest BCUT2D eigenvalue weighted by molar-refractivity contribution is 5.60. The number of para-hydroxylation sites is 1. The van der Waals surface area contributed by atoms with Gasteiger partial charge in [-0.2, -0.15) is 5.10 Å². The number of hydrogen-bond donors (Lipinski definition) is 2. The van der Waals surface area contributed by atoms with Crippen molar-refractivity contribution in [3.05, 3.63) is 47.7 Å². The quantitative estimate of drug-likeness (QED) is 0.847. The lowest BCUT2D eigenvalue weighted by Gasteiger charge is -2.13. The van der Waals surface area contributed by atoms with Gasteiger partial charge in [0.2, 0.25) is 0 Å². The monoisotopic (exact) mass is 228 g/mol. The Kier molecular flexibility index (Phi) is 3.35. The third-order valence-electron chi connectivity index (χ3n) is 2.51. The summed E-state index contributed by atoms with van der Waals surface area (Å²) in [7, 11) is 0. The number of rotatable bonds is 3. The summed E-state index contributed by atoms with van der Waals surface area (Å²) in [4.78, 5) is 0. The molecule has 1 unspecified atom stereocenters. The first-order chi connectivity index (χ1) is 8.16. The molecule has 0 fully saturated rings. The number of hydrogen-bond acceptors (Lipinski definition) is 4. The topological polar surface area (TPSA) is 63.8 Å². The van der Waals surface area contributed by atoms with Crippen LogP contribution in [0.25, 0.3) is 0 Å². The van der Waals surface area contributed by atoms with E-state index >= 15 is 0 Å². The number of nitrogens with one attached hydrogen (secondary N) is 1. The fourth-order valence-corrected chi connectivity index (χ4v) is 1.61. The molecule has 1 aromatic carbocycles. The van der Waals surface area contributed by atoms with Gasteiger partial charge in [0.25, 0.3) is 0 Å². The Morgan fingerprint density at radius 2 is 1.88 bits per heavy atom. The molecule has 0 aliphatic carbocycles. The molecule has 0 saturated carbocycles. The van der Waals surface area contributed by atoms with Crippen molar-refractivity contribution in [2.75, 3.05) is 5.32 Å². The average molecular weight is 228 g/mol. The predicted octanol–water partition coefficient (Wildman–Crippen LogP) is 2.55. The van der Waals surface area contributed by atoms with Crippen molar-refractivity contribution in [2.45, 2.75) is 19.9 Å². The molecule has 0 spiro atoms. The van der Waals surface area contributed by atoms with Gasteiger partial charge in [-0.3, -0.25) is 0 Å². The lowest BCUT2D eigenvalue weighted by Crippen LogP contribution is -2.08. The highest BCUT2D eigenvalue weighted by Gasteiger charge is 2.06. The van der Waals surface area contributed by atoms with Crippen LogP contribution in [0, 0.1) is 6.92 Å². The molecule has 4 nitrogen and oxygen atoms in total. The molecule has 0 amide bonds. The zero-order valence-corrected chi connectivity index (χ0v) is 10.0. The zero-order valence-electron chi connectivity index (χ0n) is 10.0. The van der Waals surface area contributed by atoms with Crippen molar-refractivity contribution >= 4 is 11.5 Å². The van der Waals surface area contributed by atoms with Crippen LogP contribution in [0.4, 0.5) is 11.5 Å². The average Bonchev–Trinajstić information content (AvgIpc) is 2.32. The molecular weight excluding hydrogens is 212 g/mol. The predicted molar refractivity (Wildman–Crippen MR) is 69.1 cm³/mol. The number of benzene rings is 1. The summed E-state index contributed by atoms with van der Waals surface area (Å²) in [6, 6.07) is 11.7. The number of aryl methyl sites for hydroxylation is 1. The Morgan fingerprint density at radius 3 is 2.53 bits per heavy atom. The second-order valence-corrected chi connectivity index (χ2v) is 4.06. The normalized spacial score (nSPS) is 12.2. The molecule has 0 aliphatic heterocycles. The Labute approximate surface area is 101 Å². The minimum atomic E-state index is -0.0166. The maximum atomic E-state index is 5.92. The Morgan fingerprint density at radius 1 is 1.12 bits per heavy atom. The maximum absolute atomic E-state index is 5.92. The molecule has 1 heterocycles. The van der Waals surface area contributed by atoms with E-state index in [1.807, 2.05) is 50.2 Å². The number of aromatic nitrogens is 2. The van der Waals surface area contributed by atoms with Crippen LogP contribution in [0.5, 0.6) is 0 Å². The molecule has 2 rings (SSSR count). The van der Waals surface area contributed by atoms with Crippen LogP contribution in [-0.4, -0.2) is 10.2 Å². The number of nitrogens with two attached hydrogens (primary N) is 1. The van der Waals surface area contributed by atoms with E-state index in [-0.39, 0.29) is 6.04 Å². The molecule has 1 atom stereocenters. The van der Waals surface area contributed by atoms with Gasteiger partial charge in [0, 0.05) is 11.7 Å². The molecule has 17 heavy (non-hydrogen) atoms. The van der Waals surface area contributed by atoms with Crippen molar-refractivity contribution in [2.24, 2.45) is 5.73 Å². The highest BCUT2D eigenvalue weighted by Crippen LogP contribution is 2.23. The first-order valence-electron chi connectivity index (χ1n) is 5.58. The molecule has 1 aromatic heterocycles. The first-order valence-corrected chi connectivity index (χ1v) is 5.58. The largest absolute Gasteiger partial charge is 0.338 e. The fourth-order valence-electron chi connectivity index (χ4n) is 1.61. The van der Waals surface area contributed by atoms with Crippen LogP contribution in [0.15, 0.2) is 36.4 Å². The van der Waals surface area contributed by atoms with Crippen molar-refractivity contribution < 1.29 is 0 Å². The van der Waals surface area contributed by atoms with Gasteiger partial charge in [-0.15, -0.1) is 5.10 Å². The summed E-state index contributed by atoms with van der Waals surface area (Å²) < 4.78 is 0. The van der Waals surface area contributed by atoms with E-state index in [9.17, 15) is 0 Å². The van der Waals surface area contributed by atoms with Crippen molar-refractivity contribution in [1.82, 2.24) is 10.2 Å². The fraction of sp³-hybridized carbons (Fsp3) is 0.231. The van der Waals surface area contributed by atoms with Gasteiger partial charge in [0.15, 0.2) is 5.82 Å². The summed E-state index contributed by atoms with van der Waals surface area (Å²) in [6.45, 7) is 3.87. The van der Waals surface area contributed by atoms with E-state index < -0.39 is 0 Å².